The lowest BCUT2D eigenvalue weighted by molar-refractivity contribution is -0.110. The Hall–Kier alpha value is -5.52. The van der Waals surface area contributed by atoms with Crippen molar-refractivity contribution in [1.29, 1.82) is 0 Å². The normalized spacial score (nSPS) is 13.0. The number of aryl methyl sites for hydroxylation is 1. The number of fused-ring (bicyclic) bond motifs is 1. The molecule has 2 aromatic heterocycles. The maximum absolute atomic E-state index is 13.8. The highest BCUT2D eigenvalue weighted by Crippen LogP contribution is 2.34. The number of anilines is 4. The van der Waals surface area contributed by atoms with E-state index in [2.05, 4.69) is 31.2 Å². The third kappa shape index (κ3) is 6.38. The average molecular weight is 586 g/mol. The van der Waals surface area contributed by atoms with Gasteiger partial charge < -0.3 is 32.0 Å². The smallest absolute Gasteiger partial charge is 0.257 e. The molecule has 0 saturated heterocycles. The molecule has 43 heavy (non-hydrogen) atoms. The summed E-state index contributed by atoms with van der Waals surface area (Å²) < 4.78 is 27.0. The van der Waals surface area contributed by atoms with Crippen LogP contribution in [0.3, 0.4) is 0 Å². The predicted octanol–water partition coefficient (Wildman–Crippen LogP) is 4.86. The van der Waals surface area contributed by atoms with Crippen molar-refractivity contribution in [3.05, 3.63) is 100 Å². The Bertz CT molecular complexity index is 1760. The summed E-state index contributed by atoms with van der Waals surface area (Å²) in [6.07, 6.45) is 3.64. The van der Waals surface area contributed by atoms with Crippen LogP contribution in [0.1, 0.15) is 49.7 Å². The van der Waals surface area contributed by atoms with Crippen molar-refractivity contribution >= 4 is 52.3 Å². The highest BCUT2D eigenvalue weighted by Gasteiger charge is 2.26. The van der Waals surface area contributed by atoms with Crippen LogP contribution in [0, 0.1) is 25.5 Å². The second-order valence-electron chi connectivity index (χ2n) is 10.0. The summed E-state index contributed by atoms with van der Waals surface area (Å²) >= 11 is 0. The van der Waals surface area contributed by atoms with Gasteiger partial charge in [0.2, 0.25) is 0 Å². The Labute approximate surface area is 245 Å². The summed E-state index contributed by atoms with van der Waals surface area (Å²) in [5.41, 5.74) is 10.2. The van der Waals surface area contributed by atoms with Gasteiger partial charge in [-0.3, -0.25) is 14.4 Å². The molecule has 0 fully saturated rings. The van der Waals surface area contributed by atoms with Gasteiger partial charge in [-0.1, -0.05) is 0 Å². The van der Waals surface area contributed by atoms with Crippen LogP contribution in [0.15, 0.2) is 54.7 Å². The Morgan fingerprint density at radius 1 is 1.00 bits per heavy atom. The molecular weight excluding hydrogens is 556 g/mol. The molecule has 0 radical (unpaired) electrons. The van der Waals surface area contributed by atoms with Crippen LogP contribution in [-0.2, 0) is 4.79 Å². The van der Waals surface area contributed by atoms with E-state index in [-0.39, 0.29) is 17.5 Å². The highest BCUT2D eigenvalue weighted by molar-refractivity contribution is 6.35. The number of rotatable bonds is 9. The van der Waals surface area contributed by atoms with Gasteiger partial charge in [-0.15, -0.1) is 0 Å². The fourth-order valence-corrected chi connectivity index (χ4v) is 4.78. The van der Waals surface area contributed by atoms with Gasteiger partial charge in [0, 0.05) is 41.9 Å². The third-order valence-electron chi connectivity index (χ3n) is 6.99. The lowest BCUT2D eigenvalue weighted by Gasteiger charge is -2.10. The fourth-order valence-electron chi connectivity index (χ4n) is 4.78. The molecule has 5 rings (SSSR count). The molecule has 4 aromatic rings. The molecule has 220 valence electrons. The number of aromatic nitrogens is 2. The standard InChI is InChI=1S/C31H29F2N7O3/c1-16-26(14-22-21-12-19(32)5-7-24(21)39-30(22)42)38-17(2)28(16)31(43)36-11-3-10-35-27-9-4-18(15-37-27)29(41)40-25-8-6-20(33)13-23(25)34/h4-9,12-15,38H,3,10-11,34H2,1-2H3,(H,35,37)(H,36,43)(H,39,42)(H,40,41)/b22-14-. The first-order valence-corrected chi connectivity index (χ1v) is 13.5. The van der Waals surface area contributed by atoms with Gasteiger partial charge >= 0.3 is 0 Å². The van der Waals surface area contributed by atoms with Gasteiger partial charge in [-0.05, 0) is 80.4 Å². The van der Waals surface area contributed by atoms with Gasteiger partial charge in [0.1, 0.15) is 17.5 Å². The van der Waals surface area contributed by atoms with Crippen molar-refractivity contribution in [2.75, 3.05) is 34.8 Å². The Balaban J connectivity index is 1.12. The van der Waals surface area contributed by atoms with Gasteiger partial charge in [0.05, 0.1) is 28.1 Å². The summed E-state index contributed by atoms with van der Waals surface area (Å²) in [7, 11) is 0. The minimum absolute atomic E-state index is 0.119. The SMILES string of the molecule is Cc1[nH]c(/C=C2\C(=O)Nc3ccc(F)cc32)c(C)c1C(=O)NCCCNc1ccc(C(=O)Nc2ccc(F)cc2N)cn1. The molecule has 7 N–H and O–H groups in total. The number of hydrogen-bond donors (Lipinski definition) is 6. The molecule has 0 saturated carbocycles. The average Bonchev–Trinajstić information content (AvgIpc) is 3.43. The van der Waals surface area contributed by atoms with Crippen molar-refractivity contribution in [2.24, 2.45) is 0 Å². The van der Waals surface area contributed by atoms with E-state index in [4.69, 9.17) is 5.73 Å². The number of carbonyl (C=O) groups excluding carboxylic acids is 3. The molecular formula is C31H29F2N7O3. The van der Waals surface area contributed by atoms with Crippen molar-refractivity contribution in [3.63, 3.8) is 0 Å². The topological polar surface area (TPSA) is 154 Å². The number of amides is 3. The number of H-pyrrole nitrogens is 1. The van der Waals surface area contributed by atoms with Crippen molar-refractivity contribution in [3.8, 4) is 0 Å². The Kier molecular flexibility index (Phi) is 8.19. The van der Waals surface area contributed by atoms with E-state index in [1.165, 1.54) is 36.5 Å². The zero-order valence-electron chi connectivity index (χ0n) is 23.4. The molecule has 3 amide bonds. The number of halogens is 2. The molecule has 1 aliphatic heterocycles. The number of benzene rings is 2. The summed E-state index contributed by atoms with van der Waals surface area (Å²) in [5.74, 6) is -1.41. The zero-order chi connectivity index (χ0) is 30.7. The number of nitrogens with one attached hydrogen (secondary N) is 5. The minimum Gasteiger partial charge on any atom is -0.397 e. The van der Waals surface area contributed by atoms with Crippen molar-refractivity contribution in [2.45, 2.75) is 20.3 Å². The first kappa shape index (κ1) is 29.0. The van der Waals surface area contributed by atoms with Gasteiger partial charge in [-0.2, -0.15) is 0 Å². The molecule has 0 bridgehead atoms. The van der Waals surface area contributed by atoms with Crippen LogP contribution in [-0.4, -0.2) is 40.8 Å². The molecule has 0 spiro atoms. The maximum atomic E-state index is 13.8. The molecule has 3 heterocycles. The molecule has 0 unspecified atom stereocenters. The molecule has 0 atom stereocenters. The number of hydrogen-bond acceptors (Lipinski definition) is 6. The molecule has 2 aromatic carbocycles. The molecule has 0 aliphatic carbocycles. The number of aromatic amines is 1. The van der Waals surface area contributed by atoms with E-state index in [9.17, 15) is 23.2 Å². The predicted molar refractivity (Wildman–Crippen MR) is 162 cm³/mol. The number of nitrogen functional groups attached to an aromatic ring is 1. The zero-order valence-corrected chi connectivity index (χ0v) is 23.4. The van der Waals surface area contributed by atoms with E-state index < -0.39 is 17.5 Å². The number of pyridine rings is 1. The Morgan fingerprint density at radius 3 is 2.51 bits per heavy atom. The summed E-state index contributed by atoms with van der Waals surface area (Å²) in [5, 5.41) is 11.4. The van der Waals surface area contributed by atoms with Crippen LogP contribution in [0.4, 0.5) is 31.7 Å². The molecule has 1 aliphatic rings. The van der Waals surface area contributed by atoms with Crippen LogP contribution in [0.25, 0.3) is 11.6 Å². The lowest BCUT2D eigenvalue weighted by Crippen LogP contribution is -2.26. The van der Waals surface area contributed by atoms with E-state index in [1.54, 1.807) is 32.1 Å². The maximum Gasteiger partial charge on any atom is 0.257 e. The van der Waals surface area contributed by atoms with Crippen LogP contribution >= 0.6 is 0 Å². The van der Waals surface area contributed by atoms with Gasteiger partial charge in [0.25, 0.3) is 17.7 Å². The van der Waals surface area contributed by atoms with Gasteiger partial charge in [0.15, 0.2) is 0 Å². The van der Waals surface area contributed by atoms with E-state index >= 15 is 0 Å². The minimum atomic E-state index is -0.494. The summed E-state index contributed by atoms with van der Waals surface area (Å²) in [6, 6.07) is 11.1. The summed E-state index contributed by atoms with van der Waals surface area (Å²) in [6.45, 7) is 4.47. The van der Waals surface area contributed by atoms with Crippen LogP contribution in [0.5, 0.6) is 0 Å². The molecule has 12 heteroatoms. The first-order chi connectivity index (χ1) is 20.6. The van der Waals surface area contributed by atoms with E-state index in [0.717, 1.165) is 6.07 Å². The highest BCUT2D eigenvalue weighted by atomic mass is 19.1. The van der Waals surface area contributed by atoms with Crippen LogP contribution in [0.2, 0.25) is 0 Å². The number of nitrogens with two attached hydrogens (primary N) is 1. The number of carbonyl (C=O) groups is 3. The Morgan fingerprint density at radius 2 is 1.77 bits per heavy atom. The summed E-state index contributed by atoms with van der Waals surface area (Å²) in [4.78, 5) is 45.3. The second kappa shape index (κ2) is 12.1. The molecule has 10 nitrogen and oxygen atoms in total. The van der Waals surface area contributed by atoms with Gasteiger partial charge in [-0.25, -0.2) is 13.8 Å². The quantitative estimate of drug-likeness (QED) is 0.0937. The van der Waals surface area contributed by atoms with Crippen molar-refractivity contribution in [1.82, 2.24) is 15.3 Å². The fraction of sp³-hybridized carbons (Fsp3) is 0.161. The van der Waals surface area contributed by atoms with E-state index in [1.807, 2.05) is 0 Å². The third-order valence-corrected chi connectivity index (χ3v) is 6.99. The number of nitrogens with zero attached hydrogens (tertiary/aromatic N) is 1. The lowest BCUT2D eigenvalue weighted by atomic mass is 10.0. The monoisotopic (exact) mass is 585 g/mol. The largest absolute Gasteiger partial charge is 0.397 e. The first-order valence-electron chi connectivity index (χ1n) is 13.5. The van der Waals surface area contributed by atoms with Crippen molar-refractivity contribution < 1.29 is 23.2 Å². The van der Waals surface area contributed by atoms with E-state index in [0.29, 0.717) is 75.9 Å². The van der Waals surface area contributed by atoms with Crippen LogP contribution < -0.4 is 27.0 Å². The second-order valence-corrected chi connectivity index (χ2v) is 10.0.